The number of fused-ring (bicyclic) bond motifs is 1. The normalized spacial score (nSPS) is 11.0. The number of hydrogen-bond donors (Lipinski definition) is 1. The Morgan fingerprint density at radius 1 is 1.03 bits per heavy atom. The molecule has 0 saturated carbocycles. The van der Waals surface area contributed by atoms with Crippen LogP contribution in [0.3, 0.4) is 0 Å². The zero-order valence-electron chi connectivity index (χ0n) is 17.6. The van der Waals surface area contributed by atoms with Crippen molar-refractivity contribution in [3.05, 3.63) is 93.8 Å². The summed E-state index contributed by atoms with van der Waals surface area (Å²) in [4.78, 5) is 25.2. The van der Waals surface area contributed by atoms with E-state index in [-0.39, 0.29) is 5.91 Å². The summed E-state index contributed by atoms with van der Waals surface area (Å²) in [5.41, 5.74) is 3.58. The number of carbonyl (C=O) groups excluding carboxylic acids is 2. The predicted octanol–water partition coefficient (Wildman–Crippen LogP) is 5.94. The van der Waals surface area contributed by atoms with Crippen molar-refractivity contribution in [2.75, 3.05) is 6.61 Å². The van der Waals surface area contributed by atoms with E-state index >= 15 is 0 Å². The predicted molar refractivity (Wildman–Crippen MR) is 131 cm³/mol. The van der Waals surface area contributed by atoms with E-state index in [2.05, 4.69) is 10.5 Å². The van der Waals surface area contributed by atoms with Gasteiger partial charge in [-0.05, 0) is 55.0 Å². The number of nitrogens with one attached hydrogen (secondary N) is 1. The van der Waals surface area contributed by atoms with E-state index in [1.165, 1.54) is 17.6 Å². The van der Waals surface area contributed by atoms with E-state index < -0.39 is 5.97 Å². The van der Waals surface area contributed by atoms with E-state index in [1.54, 1.807) is 48.5 Å². The average Bonchev–Trinajstić information content (AvgIpc) is 3.17. The first-order valence-corrected chi connectivity index (χ1v) is 11.3. The maximum Gasteiger partial charge on any atom is 0.355 e. The monoisotopic (exact) mass is 478 g/mol. The molecule has 1 heterocycles. The second-order valence-electron chi connectivity index (χ2n) is 6.86. The first-order valence-electron chi connectivity index (χ1n) is 10.1. The molecule has 0 fully saturated rings. The molecule has 0 unspecified atom stereocenters. The van der Waals surface area contributed by atoms with Gasteiger partial charge in [0.2, 0.25) is 0 Å². The number of nitrogens with zero attached hydrogens (tertiary/aromatic N) is 1. The number of halogens is 1. The molecule has 0 bridgehead atoms. The molecule has 8 heteroatoms. The van der Waals surface area contributed by atoms with E-state index in [0.717, 1.165) is 10.1 Å². The molecule has 0 aliphatic carbocycles. The molecule has 1 amide bonds. The molecular formula is C25H19ClN2O4S. The average molecular weight is 479 g/mol. The van der Waals surface area contributed by atoms with Gasteiger partial charge in [-0.3, -0.25) is 4.79 Å². The highest BCUT2D eigenvalue weighted by atomic mass is 35.5. The van der Waals surface area contributed by atoms with Gasteiger partial charge in [0.15, 0.2) is 0 Å². The third kappa shape index (κ3) is 5.39. The Morgan fingerprint density at radius 2 is 1.82 bits per heavy atom. The van der Waals surface area contributed by atoms with Gasteiger partial charge in [-0.15, -0.1) is 11.3 Å². The van der Waals surface area contributed by atoms with Gasteiger partial charge in [0, 0.05) is 15.6 Å². The molecule has 0 radical (unpaired) electrons. The van der Waals surface area contributed by atoms with Crippen LogP contribution < -0.4 is 14.9 Å². The molecule has 33 heavy (non-hydrogen) atoms. The number of amides is 1. The summed E-state index contributed by atoms with van der Waals surface area (Å²) in [6.07, 6.45) is 1.47. The second-order valence-corrected chi connectivity index (χ2v) is 8.29. The molecule has 166 valence electrons. The van der Waals surface area contributed by atoms with Gasteiger partial charge < -0.3 is 9.47 Å². The van der Waals surface area contributed by atoms with Crippen LogP contribution in [0.4, 0.5) is 0 Å². The number of ether oxygens (including phenoxy) is 2. The highest BCUT2D eigenvalue weighted by Gasteiger charge is 2.19. The van der Waals surface area contributed by atoms with Gasteiger partial charge in [0.05, 0.1) is 17.8 Å². The lowest BCUT2D eigenvalue weighted by Gasteiger charge is -2.05. The highest BCUT2D eigenvalue weighted by Crippen LogP contribution is 2.35. The standard InChI is InChI=1S/C25H19ClN2O4S/c1-2-31-18-12-10-17(11-13-18)24(29)28-27-15-16-6-5-7-19(14-16)32-25(30)23-22(26)20-8-3-4-9-21(20)33-23/h3-15H,2H2,1H3,(H,28,29)/b27-15-. The van der Waals surface area contributed by atoms with Crippen molar-refractivity contribution < 1.29 is 19.1 Å². The summed E-state index contributed by atoms with van der Waals surface area (Å²) in [6, 6.07) is 21.1. The minimum Gasteiger partial charge on any atom is -0.494 e. The van der Waals surface area contributed by atoms with E-state index in [9.17, 15) is 9.59 Å². The Balaban J connectivity index is 1.40. The lowest BCUT2D eigenvalue weighted by atomic mass is 10.2. The summed E-state index contributed by atoms with van der Waals surface area (Å²) in [7, 11) is 0. The molecule has 4 aromatic rings. The molecule has 3 aromatic carbocycles. The highest BCUT2D eigenvalue weighted by molar-refractivity contribution is 7.21. The van der Waals surface area contributed by atoms with Crippen LogP contribution >= 0.6 is 22.9 Å². The molecule has 1 N–H and O–H groups in total. The molecule has 1 aromatic heterocycles. The van der Waals surface area contributed by atoms with Crippen molar-refractivity contribution in [1.29, 1.82) is 0 Å². The van der Waals surface area contributed by atoms with Crippen LogP contribution in [0, 0.1) is 0 Å². The maximum absolute atomic E-state index is 12.6. The number of esters is 1. The second kappa shape index (κ2) is 10.3. The van der Waals surface area contributed by atoms with Gasteiger partial charge in [-0.2, -0.15) is 5.10 Å². The van der Waals surface area contributed by atoms with Crippen molar-refractivity contribution in [2.45, 2.75) is 6.92 Å². The summed E-state index contributed by atoms with van der Waals surface area (Å²) >= 11 is 7.65. The van der Waals surface area contributed by atoms with Crippen molar-refractivity contribution in [3.8, 4) is 11.5 Å². The summed E-state index contributed by atoms with van der Waals surface area (Å²) in [5.74, 6) is 0.159. The van der Waals surface area contributed by atoms with Crippen LogP contribution in [0.5, 0.6) is 11.5 Å². The smallest absolute Gasteiger partial charge is 0.355 e. The first-order chi connectivity index (χ1) is 16.0. The van der Waals surface area contributed by atoms with Gasteiger partial charge in [0.1, 0.15) is 16.4 Å². The van der Waals surface area contributed by atoms with Gasteiger partial charge >= 0.3 is 5.97 Å². The third-order valence-electron chi connectivity index (χ3n) is 4.60. The number of carbonyl (C=O) groups is 2. The fraction of sp³-hybridized carbons (Fsp3) is 0.0800. The number of hydrogen-bond acceptors (Lipinski definition) is 6. The largest absolute Gasteiger partial charge is 0.494 e. The van der Waals surface area contributed by atoms with Crippen LogP contribution in [0.25, 0.3) is 10.1 Å². The molecule has 4 rings (SSSR count). The summed E-state index contributed by atoms with van der Waals surface area (Å²) < 4.78 is 11.8. The van der Waals surface area contributed by atoms with Gasteiger partial charge in [0.25, 0.3) is 5.91 Å². The van der Waals surface area contributed by atoms with Crippen molar-refractivity contribution in [3.63, 3.8) is 0 Å². The van der Waals surface area contributed by atoms with E-state index in [4.69, 9.17) is 21.1 Å². The van der Waals surface area contributed by atoms with Crippen LogP contribution in [-0.2, 0) is 0 Å². The van der Waals surface area contributed by atoms with Crippen molar-refractivity contribution >= 4 is 51.1 Å². The van der Waals surface area contributed by atoms with E-state index in [0.29, 0.717) is 39.1 Å². The lowest BCUT2D eigenvalue weighted by Crippen LogP contribution is -2.17. The van der Waals surface area contributed by atoms with Crippen molar-refractivity contribution in [2.24, 2.45) is 5.10 Å². The number of thiophene rings is 1. The topological polar surface area (TPSA) is 77.0 Å². The number of benzene rings is 3. The minimum atomic E-state index is -0.529. The fourth-order valence-electron chi connectivity index (χ4n) is 3.06. The Kier molecular flexibility index (Phi) is 7.02. The van der Waals surface area contributed by atoms with Crippen molar-refractivity contribution in [1.82, 2.24) is 5.43 Å². The van der Waals surface area contributed by atoms with Crippen LogP contribution in [0.2, 0.25) is 5.02 Å². The molecular weight excluding hydrogens is 460 g/mol. The third-order valence-corrected chi connectivity index (χ3v) is 6.25. The van der Waals surface area contributed by atoms with Crippen LogP contribution in [0.1, 0.15) is 32.5 Å². The maximum atomic E-state index is 12.6. The molecule has 0 atom stereocenters. The molecule has 0 aliphatic rings. The Morgan fingerprint density at radius 3 is 2.58 bits per heavy atom. The number of hydrazone groups is 1. The minimum absolute atomic E-state index is 0.343. The Hall–Kier alpha value is -3.68. The van der Waals surface area contributed by atoms with Gasteiger partial charge in [-0.1, -0.05) is 41.9 Å². The first kappa shape index (κ1) is 22.5. The molecule has 0 saturated heterocycles. The van der Waals surface area contributed by atoms with Gasteiger partial charge in [-0.25, -0.2) is 10.2 Å². The lowest BCUT2D eigenvalue weighted by molar-refractivity contribution is 0.0740. The zero-order valence-corrected chi connectivity index (χ0v) is 19.2. The Bertz CT molecular complexity index is 1330. The van der Waals surface area contributed by atoms with Crippen LogP contribution in [-0.4, -0.2) is 24.7 Å². The SMILES string of the molecule is CCOc1ccc(C(=O)N/N=C\c2cccc(OC(=O)c3sc4ccccc4c3Cl)c2)cc1. The molecule has 6 nitrogen and oxygen atoms in total. The van der Waals surface area contributed by atoms with Crippen LogP contribution in [0.15, 0.2) is 77.9 Å². The zero-order chi connectivity index (χ0) is 23.2. The molecule has 0 aliphatic heterocycles. The molecule has 0 spiro atoms. The summed E-state index contributed by atoms with van der Waals surface area (Å²) in [5, 5.41) is 5.19. The quantitative estimate of drug-likeness (QED) is 0.154. The van der Waals surface area contributed by atoms with E-state index in [1.807, 2.05) is 31.2 Å². The summed E-state index contributed by atoms with van der Waals surface area (Å²) in [6.45, 7) is 2.45. The Labute approximate surface area is 199 Å². The fourth-order valence-corrected chi connectivity index (χ4v) is 4.44. The number of rotatable bonds is 7.